The molecule has 0 aliphatic carbocycles. The number of carbonyl (C=O) groups excluding carboxylic acids is 2. The molecule has 0 aromatic heterocycles. The molecular formula is C19H35NO4. The SMILES string of the molecule is C=CCOC(=O)NCCCCCC(=O)OCCCCCCCCC. The van der Waals surface area contributed by atoms with Gasteiger partial charge < -0.3 is 14.8 Å². The van der Waals surface area contributed by atoms with Crippen molar-refractivity contribution in [2.24, 2.45) is 0 Å². The molecule has 0 spiro atoms. The van der Waals surface area contributed by atoms with Gasteiger partial charge in [0.05, 0.1) is 6.61 Å². The van der Waals surface area contributed by atoms with E-state index in [1.54, 1.807) is 0 Å². The molecule has 0 aliphatic heterocycles. The Balaban J connectivity index is 3.26. The van der Waals surface area contributed by atoms with Gasteiger partial charge in [-0.1, -0.05) is 64.5 Å². The normalized spacial score (nSPS) is 10.2. The molecule has 0 radical (unpaired) electrons. The topological polar surface area (TPSA) is 64.6 Å². The zero-order chi connectivity index (χ0) is 17.9. The summed E-state index contributed by atoms with van der Waals surface area (Å²) in [6.07, 6.45) is 12.6. The third kappa shape index (κ3) is 16.8. The fourth-order valence-corrected chi connectivity index (χ4v) is 2.26. The highest BCUT2D eigenvalue weighted by Gasteiger charge is 2.03. The van der Waals surface area contributed by atoms with E-state index in [1.807, 2.05) is 0 Å². The molecule has 0 heterocycles. The minimum atomic E-state index is -0.427. The van der Waals surface area contributed by atoms with Gasteiger partial charge in [-0.05, 0) is 19.3 Å². The van der Waals surface area contributed by atoms with Gasteiger partial charge in [0.25, 0.3) is 0 Å². The van der Waals surface area contributed by atoms with E-state index in [9.17, 15) is 9.59 Å². The Hall–Kier alpha value is -1.52. The van der Waals surface area contributed by atoms with Gasteiger partial charge in [0.2, 0.25) is 0 Å². The van der Waals surface area contributed by atoms with E-state index in [0.717, 1.165) is 32.1 Å². The van der Waals surface area contributed by atoms with E-state index in [0.29, 0.717) is 19.6 Å². The van der Waals surface area contributed by atoms with Crippen molar-refractivity contribution < 1.29 is 19.1 Å². The number of hydrogen-bond donors (Lipinski definition) is 1. The fourth-order valence-electron chi connectivity index (χ4n) is 2.26. The van der Waals surface area contributed by atoms with E-state index < -0.39 is 6.09 Å². The molecule has 0 aliphatic rings. The van der Waals surface area contributed by atoms with Crippen LogP contribution in [0.2, 0.25) is 0 Å². The van der Waals surface area contributed by atoms with Crippen LogP contribution in [0.1, 0.15) is 77.6 Å². The van der Waals surface area contributed by atoms with Gasteiger partial charge in [-0.3, -0.25) is 4.79 Å². The summed E-state index contributed by atoms with van der Waals surface area (Å²) < 4.78 is 10.0. The summed E-state index contributed by atoms with van der Waals surface area (Å²) in [7, 11) is 0. The second-order valence-electron chi connectivity index (χ2n) is 5.97. The Morgan fingerprint density at radius 2 is 1.58 bits per heavy atom. The number of ether oxygens (including phenoxy) is 2. The predicted molar refractivity (Wildman–Crippen MR) is 97.0 cm³/mol. The van der Waals surface area contributed by atoms with Crippen LogP contribution >= 0.6 is 0 Å². The third-order valence-electron chi connectivity index (χ3n) is 3.67. The van der Waals surface area contributed by atoms with E-state index in [1.165, 1.54) is 38.2 Å². The Labute approximate surface area is 147 Å². The van der Waals surface area contributed by atoms with Crippen molar-refractivity contribution in [2.75, 3.05) is 19.8 Å². The molecule has 5 heteroatoms. The highest BCUT2D eigenvalue weighted by molar-refractivity contribution is 5.69. The molecular weight excluding hydrogens is 306 g/mol. The van der Waals surface area contributed by atoms with E-state index in [-0.39, 0.29) is 12.6 Å². The van der Waals surface area contributed by atoms with Crippen LogP contribution in [0.25, 0.3) is 0 Å². The summed E-state index contributed by atoms with van der Waals surface area (Å²) in [5.74, 6) is -0.112. The summed E-state index contributed by atoms with van der Waals surface area (Å²) >= 11 is 0. The first kappa shape index (κ1) is 22.5. The number of hydrogen-bond acceptors (Lipinski definition) is 4. The van der Waals surface area contributed by atoms with Crippen LogP contribution in [0.5, 0.6) is 0 Å². The lowest BCUT2D eigenvalue weighted by molar-refractivity contribution is -0.143. The molecule has 140 valence electrons. The average molecular weight is 341 g/mol. The van der Waals surface area contributed by atoms with Crippen molar-refractivity contribution >= 4 is 12.1 Å². The molecule has 0 atom stereocenters. The van der Waals surface area contributed by atoms with Crippen molar-refractivity contribution in [3.63, 3.8) is 0 Å². The number of carbonyl (C=O) groups is 2. The van der Waals surface area contributed by atoms with Crippen LogP contribution in [-0.2, 0) is 14.3 Å². The largest absolute Gasteiger partial charge is 0.466 e. The van der Waals surface area contributed by atoms with Crippen LogP contribution in [0.4, 0.5) is 4.79 Å². The zero-order valence-electron chi connectivity index (χ0n) is 15.3. The third-order valence-corrected chi connectivity index (χ3v) is 3.67. The summed E-state index contributed by atoms with van der Waals surface area (Å²) in [5.41, 5.74) is 0. The predicted octanol–water partition coefficient (Wildman–Crippen LogP) is 4.75. The lowest BCUT2D eigenvalue weighted by Gasteiger charge is -2.06. The second-order valence-corrected chi connectivity index (χ2v) is 5.97. The van der Waals surface area contributed by atoms with Gasteiger partial charge in [-0.25, -0.2) is 4.79 Å². The molecule has 5 nitrogen and oxygen atoms in total. The number of amides is 1. The van der Waals surface area contributed by atoms with Crippen molar-refractivity contribution in [3.05, 3.63) is 12.7 Å². The number of unbranched alkanes of at least 4 members (excludes halogenated alkanes) is 8. The zero-order valence-corrected chi connectivity index (χ0v) is 15.3. The average Bonchev–Trinajstić information content (AvgIpc) is 2.58. The molecule has 0 unspecified atom stereocenters. The van der Waals surface area contributed by atoms with Gasteiger partial charge in [-0.15, -0.1) is 0 Å². The number of rotatable bonds is 16. The molecule has 0 bridgehead atoms. The van der Waals surface area contributed by atoms with Crippen molar-refractivity contribution in [3.8, 4) is 0 Å². The van der Waals surface area contributed by atoms with Crippen molar-refractivity contribution in [1.29, 1.82) is 0 Å². The lowest BCUT2D eigenvalue weighted by Crippen LogP contribution is -2.25. The molecule has 0 aromatic rings. The van der Waals surface area contributed by atoms with Crippen LogP contribution < -0.4 is 5.32 Å². The van der Waals surface area contributed by atoms with Gasteiger partial charge in [0.15, 0.2) is 0 Å². The maximum absolute atomic E-state index is 11.6. The first-order valence-electron chi connectivity index (χ1n) is 9.37. The smallest absolute Gasteiger partial charge is 0.407 e. The molecule has 1 N–H and O–H groups in total. The lowest BCUT2D eigenvalue weighted by atomic mass is 10.1. The summed E-state index contributed by atoms with van der Waals surface area (Å²) in [5, 5.41) is 2.65. The number of alkyl carbamates (subject to hydrolysis) is 1. The van der Waals surface area contributed by atoms with Gasteiger partial charge in [0, 0.05) is 13.0 Å². The molecule has 0 saturated heterocycles. The van der Waals surface area contributed by atoms with E-state index >= 15 is 0 Å². The number of nitrogens with one attached hydrogen (secondary N) is 1. The Morgan fingerprint density at radius 3 is 2.29 bits per heavy atom. The quantitative estimate of drug-likeness (QED) is 0.250. The minimum Gasteiger partial charge on any atom is -0.466 e. The molecule has 24 heavy (non-hydrogen) atoms. The molecule has 0 rings (SSSR count). The van der Waals surface area contributed by atoms with Gasteiger partial charge >= 0.3 is 12.1 Å². The molecule has 0 saturated carbocycles. The van der Waals surface area contributed by atoms with Crippen LogP contribution in [0.3, 0.4) is 0 Å². The van der Waals surface area contributed by atoms with Gasteiger partial charge in [0.1, 0.15) is 6.61 Å². The summed E-state index contributed by atoms with van der Waals surface area (Å²) in [6.45, 7) is 7.01. The highest BCUT2D eigenvalue weighted by Crippen LogP contribution is 2.07. The Kier molecular flexibility index (Phi) is 16.7. The van der Waals surface area contributed by atoms with Crippen molar-refractivity contribution in [1.82, 2.24) is 5.32 Å². The van der Waals surface area contributed by atoms with Crippen LogP contribution in [-0.4, -0.2) is 31.8 Å². The summed E-state index contributed by atoms with van der Waals surface area (Å²) in [4.78, 5) is 22.7. The van der Waals surface area contributed by atoms with Crippen LogP contribution in [0, 0.1) is 0 Å². The molecule has 0 fully saturated rings. The Bertz CT molecular complexity index is 331. The maximum Gasteiger partial charge on any atom is 0.407 e. The molecule has 1 amide bonds. The van der Waals surface area contributed by atoms with E-state index in [4.69, 9.17) is 9.47 Å². The Morgan fingerprint density at radius 1 is 0.917 bits per heavy atom. The number of esters is 1. The van der Waals surface area contributed by atoms with Crippen LogP contribution in [0.15, 0.2) is 12.7 Å². The monoisotopic (exact) mass is 341 g/mol. The minimum absolute atomic E-state index is 0.112. The highest BCUT2D eigenvalue weighted by atomic mass is 16.5. The first-order valence-corrected chi connectivity index (χ1v) is 9.37. The standard InChI is InChI=1S/C19H35NO4/c1-3-5-6-7-8-9-13-17-23-18(21)14-11-10-12-15-20-19(22)24-16-4-2/h4H,2-3,5-17H2,1H3,(H,20,22). The second kappa shape index (κ2) is 17.8. The van der Waals surface area contributed by atoms with E-state index in [2.05, 4.69) is 18.8 Å². The maximum atomic E-state index is 11.6. The summed E-state index contributed by atoms with van der Waals surface area (Å²) in [6, 6.07) is 0. The fraction of sp³-hybridized carbons (Fsp3) is 0.789. The van der Waals surface area contributed by atoms with Crippen molar-refractivity contribution in [2.45, 2.75) is 77.6 Å². The van der Waals surface area contributed by atoms with Gasteiger partial charge in [-0.2, -0.15) is 0 Å². The first-order chi connectivity index (χ1) is 11.7. The molecule has 0 aromatic carbocycles.